The molecular formula is C22H29N3O2. The number of para-hydroxylation sites is 1. The topological polar surface area (TPSA) is 55.2 Å². The highest BCUT2D eigenvalue weighted by atomic mass is 16.2. The molecule has 4 rings (SSSR count). The Hall–Kier alpha value is -2.17. The summed E-state index contributed by atoms with van der Waals surface area (Å²) in [4.78, 5) is 32.7. The second-order valence-electron chi connectivity index (χ2n) is 7.92. The van der Waals surface area contributed by atoms with Crippen molar-refractivity contribution >= 4 is 16.8 Å². The van der Waals surface area contributed by atoms with Gasteiger partial charge in [0.05, 0.1) is 10.9 Å². The quantitative estimate of drug-likeness (QED) is 0.779. The van der Waals surface area contributed by atoms with Gasteiger partial charge < -0.3 is 4.90 Å². The molecule has 0 unspecified atom stereocenters. The van der Waals surface area contributed by atoms with Crippen LogP contribution < -0.4 is 5.56 Å². The molecule has 0 spiro atoms. The van der Waals surface area contributed by atoms with E-state index in [1.54, 1.807) is 0 Å². The van der Waals surface area contributed by atoms with Crippen molar-refractivity contribution in [3.63, 3.8) is 0 Å². The lowest BCUT2D eigenvalue weighted by Crippen LogP contribution is -2.41. The van der Waals surface area contributed by atoms with Gasteiger partial charge in [-0.3, -0.25) is 14.2 Å². The Morgan fingerprint density at radius 2 is 1.89 bits per heavy atom. The zero-order valence-corrected chi connectivity index (χ0v) is 16.2. The fourth-order valence-electron chi connectivity index (χ4n) is 4.47. The van der Waals surface area contributed by atoms with Gasteiger partial charge in [0.2, 0.25) is 5.91 Å². The monoisotopic (exact) mass is 367 g/mol. The van der Waals surface area contributed by atoms with Gasteiger partial charge in [-0.1, -0.05) is 31.4 Å². The van der Waals surface area contributed by atoms with Gasteiger partial charge in [0.25, 0.3) is 5.56 Å². The Bertz CT molecular complexity index is 879. The third kappa shape index (κ3) is 3.78. The summed E-state index contributed by atoms with van der Waals surface area (Å²) >= 11 is 0. The molecule has 2 aliphatic rings. The van der Waals surface area contributed by atoms with Gasteiger partial charge in [-0.15, -0.1) is 0 Å². The van der Waals surface area contributed by atoms with Crippen LogP contribution >= 0.6 is 0 Å². The largest absolute Gasteiger partial charge is 0.340 e. The molecule has 0 atom stereocenters. The van der Waals surface area contributed by atoms with Crippen molar-refractivity contribution in [1.29, 1.82) is 0 Å². The van der Waals surface area contributed by atoms with Crippen LogP contribution in [0.15, 0.2) is 29.1 Å². The fraction of sp³-hybridized carbons (Fsp3) is 0.591. The van der Waals surface area contributed by atoms with E-state index in [1.807, 2.05) is 28.8 Å². The van der Waals surface area contributed by atoms with Crippen LogP contribution in [0.1, 0.15) is 70.2 Å². The smallest absolute Gasteiger partial charge is 0.261 e. The molecule has 5 heteroatoms. The molecule has 2 saturated carbocycles. The summed E-state index contributed by atoms with van der Waals surface area (Å²) in [5.74, 6) is 0.975. The molecule has 5 nitrogen and oxygen atoms in total. The molecular weight excluding hydrogens is 338 g/mol. The van der Waals surface area contributed by atoms with Crippen molar-refractivity contribution in [1.82, 2.24) is 14.5 Å². The summed E-state index contributed by atoms with van der Waals surface area (Å²) in [6.45, 7) is 2.84. The zero-order chi connectivity index (χ0) is 18.8. The molecule has 0 N–H and O–H groups in total. The maximum Gasteiger partial charge on any atom is 0.261 e. The Balaban J connectivity index is 1.55. The third-order valence-corrected chi connectivity index (χ3v) is 6.03. The van der Waals surface area contributed by atoms with Gasteiger partial charge in [0.15, 0.2) is 0 Å². The van der Waals surface area contributed by atoms with E-state index in [2.05, 4.69) is 11.8 Å². The number of carbonyl (C=O) groups excluding carboxylic acids is 1. The number of amides is 1. The van der Waals surface area contributed by atoms with E-state index >= 15 is 0 Å². The van der Waals surface area contributed by atoms with Crippen LogP contribution in [-0.4, -0.2) is 32.9 Å². The van der Waals surface area contributed by atoms with Crippen molar-refractivity contribution < 1.29 is 4.79 Å². The molecule has 0 bridgehead atoms. The summed E-state index contributed by atoms with van der Waals surface area (Å²) < 4.78 is 1.85. The first-order valence-corrected chi connectivity index (χ1v) is 10.5. The molecule has 0 aliphatic heterocycles. The lowest BCUT2D eigenvalue weighted by molar-refractivity contribution is -0.133. The lowest BCUT2D eigenvalue weighted by Gasteiger charge is -2.33. The Morgan fingerprint density at radius 3 is 2.59 bits per heavy atom. The van der Waals surface area contributed by atoms with Crippen LogP contribution in [0.2, 0.25) is 0 Å². The predicted molar refractivity (Wildman–Crippen MR) is 107 cm³/mol. The molecule has 27 heavy (non-hydrogen) atoms. The number of hydrogen-bond donors (Lipinski definition) is 0. The minimum absolute atomic E-state index is 0.0465. The van der Waals surface area contributed by atoms with Crippen LogP contribution in [-0.2, 0) is 11.2 Å². The molecule has 1 heterocycles. The molecule has 144 valence electrons. The van der Waals surface area contributed by atoms with Crippen LogP contribution in [0.4, 0.5) is 0 Å². The molecule has 2 aliphatic carbocycles. The summed E-state index contributed by atoms with van der Waals surface area (Å²) in [6, 6.07) is 8.19. The molecule has 2 fully saturated rings. The molecule has 2 aromatic rings. The van der Waals surface area contributed by atoms with Crippen molar-refractivity contribution in [2.45, 2.75) is 76.8 Å². The summed E-state index contributed by atoms with van der Waals surface area (Å²) in [5.41, 5.74) is 0.784. The second kappa shape index (κ2) is 7.83. The van der Waals surface area contributed by atoms with E-state index in [4.69, 9.17) is 4.98 Å². The van der Waals surface area contributed by atoms with Crippen LogP contribution in [0.25, 0.3) is 10.9 Å². The van der Waals surface area contributed by atoms with E-state index in [0.717, 1.165) is 43.6 Å². The Morgan fingerprint density at radius 1 is 1.15 bits per heavy atom. The summed E-state index contributed by atoms with van der Waals surface area (Å²) in [5, 5.41) is 0.678. The van der Waals surface area contributed by atoms with Crippen molar-refractivity contribution in [3.8, 4) is 0 Å². The normalized spacial score (nSPS) is 18.0. The lowest BCUT2D eigenvalue weighted by atomic mass is 9.94. The highest BCUT2D eigenvalue weighted by Crippen LogP contribution is 2.35. The number of aromatic nitrogens is 2. The van der Waals surface area contributed by atoms with Crippen molar-refractivity contribution in [2.24, 2.45) is 0 Å². The first-order valence-electron chi connectivity index (χ1n) is 10.5. The zero-order valence-electron chi connectivity index (χ0n) is 16.2. The average molecular weight is 367 g/mol. The third-order valence-electron chi connectivity index (χ3n) is 6.03. The number of hydrogen-bond acceptors (Lipinski definition) is 3. The van der Waals surface area contributed by atoms with E-state index in [0.29, 0.717) is 24.3 Å². The van der Waals surface area contributed by atoms with Gasteiger partial charge in [0, 0.05) is 31.5 Å². The van der Waals surface area contributed by atoms with Gasteiger partial charge in [0.1, 0.15) is 5.82 Å². The SMILES string of the molecule is CCN(C(=O)CCc1nc2ccccc2c(=O)n1C1CC1)C1CCCCC1. The number of aryl methyl sites for hydroxylation is 1. The highest BCUT2D eigenvalue weighted by molar-refractivity contribution is 5.78. The van der Waals surface area contributed by atoms with Crippen LogP contribution in [0.3, 0.4) is 0 Å². The highest BCUT2D eigenvalue weighted by Gasteiger charge is 2.29. The second-order valence-corrected chi connectivity index (χ2v) is 7.92. The number of nitrogens with zero attached hydrogens (tertiary/aromatic N) is 3. The van der Waals surface area contributed by atoms with Gasteiger partial charge >= 0.3 is 0 Å². The maximum absolute atomic E-state index is 12.9. The average Bonchev–Trinajstić information content (AvgIpc) is 3.53. The number of rotatable bonds is 6. The maximum atomic E-state index is 12.9. The number of fused-ring (bicyclic) bond motifs is 1. The van der Waals surface area contributed by atoms with E-state index in [1.165, 1.54) is 19.3 Å². The molecule has 1 amide bonds. The molecule has 0 saturated heterocycles. The Kier molecular flexibility index (Phi) is 5.28. The van der Waals surface area contributed by atoms with Crippen LogP contribution in [0, 0.1) is 0 Å². The minimum Gasteiger partial charge on any atom is -0.340 e. The van der Waals surface area contributed by atoms with Crippen molar-refractivity contribution in [3.05, 3.63) is 40.4 Å². The standard InChI is InChI=1S/C22H29N3O2/c1-2-24(16-8-4-3-5-9-16)21(26)15-14-20-23-19-11-7-6-10-18(19)22(27)25(20)17-12-13-17/h6-7,10-11,16-17H,2-5,8-9,12-15H2,1H3. The van der Waals surface area contributed by atoms with Crippen molar-refractivity contribution in [2.75, 3.05) is 6.54 Å². The minimum atomic E-state index is 0.0465. The molecule has 1 aromatic carbocycles. The van der Waals surface area contributed by atoms with Gasteiger partial charge in [-0.2, -0.15) is 0 Å². The fourth-order valence-corrected chi connectivity index (χ4v) is 4.47. The number of carbonyl (C=O) groups is 1. The number of benzene rings is 1. The Labute approximate surface area is 160 Å². The predicted octanol–water partition coefficient (Wildman–Crippen LogP) is 3.85. The van der Waals surface area contributed by atoms with Gasteiger partial charge in [-0.25, -0.2) is 4.98 Å². The first-order chi connectivity index (χ1) is 13.2. The van der Waals surface area contributed by atoms with E-state index in [9.17, 15) is 9.59 Å². The molecule has 0 radical (unpaired) electrons. The summed E-state index contributed by atoms with van der Waals surface area (Å²) in [6.07, 6.45) is 9.02. The summed E-state index contributed by atoms with van der Waals surface area (Å²) in [7, 11) is 0. The van der Waals surface area contributed by atoms with Gasteiger partial charge in [-0.05, 0) is 44.7 Å². The van der Waals surface area contributed by atoms with Crippen LogP contribution in [0.5, 0.6) is 0 Å². The van der Waals surface area contributed by atoms with E-state index in [-0.39, 0.29) is 17.5 Å². The van der Waals surface area contributed by atoms with E-state index < -0.39 is 0 Å². The first kappa shape index (κ1) is 18.2. The molecule has 1 aromatic heterocycles.